The summed E-state index contributed by atoms with van der Waals surface area (Å²) in [5.74, 6) is -0.191. The zero-order valence-electron chi connectivity index (χ0n) is 17.8. The number of rotatable bonds is 2. The van der Waals surface area contributed by atoms with Crippen LogP contribution in [0.5, 0.6) is 0 Å². The number of Topliss-reactive ketones (excluding diaryl/α,β-unsaturated/α-hetero) is 1. The second-order valence-electron chi connectivity index (χ2n) is 8.77. The molecule has 6 heteroatoms. The Morgan fingerprint density at radius 2 is 1.91 bits per heavy atom. The Morgan fingerprint density at radius 3 is 2.59 bits per heavy atom. The number of hydrogen-bond donors (Lipinski definition) is 0. The van der Waals surface area contributed by atoms with Crippen LogP contribution in [-0.2, 0) is 16.6 Å². The number of nitrogens with zero attached hydrogens (tertiary/aromatic N) is 3. The van der Waals surface area contributed by atoms with Gasteiger partial charge in [0.2, 0.25) is 5.70 Å². The standard InChI is InChI=1S/C26H21Cl2N3O/c1-15-19-11-10-18-23(16-7-5-4-6-8-16)30-31(17-9-12-20(27)21(28)13-17)25(18)26(19,2)14-22(29-3)24(15)32/h4-9,12-15,19H,10-11H2,1-2H3/t15-,19-,26-/m1/s1. The van der Waals surface area contributed by atoms with Gasteiger partial charge < -0.3 is 4.79 Å². The largest absolute Gasteiger partial charge is 0.308 e. The zero-order valence-corrected chi connectivity index (χ0v) is 19.3. The van der Waals surface area contributed by atoms with Crippen molar-refractivity contribution in [1.82, 2.24) is 9.78 Å². The minimum absolute atomic E-state index is 0.0604. The lowest BCUT2D eigenvalue weighted by Gasteiger charge is -2.45. The van der Waals surface area contributed by atoms with Crippen LogP contribution in [0.1, 0.15) is 31.5 Å². The molecule has 3 atom stereocenters. The highest BCUT2D eigenvalue weighted by molar-refractivity contribution is 6.42. The molecule has 0 unspecified atom stereocenters. The highest BCUT2D eigenvalue weighted by Crippen LogP contribution is 2.52. The molecule has 0 fully saturated rings. The van der Waals surface area contributed by atoms with Crippen molar-refractivity contribution in [3.05, 3.63) is 93.0 Å². The molecule has 3 aromatic rings. The van der Waals surface area contributed by atoms with Gasteiger partial charge >= 0.3 is 0 Å². The fourth-order valence-electron chi connectivity index (χ4n) is 5.45. The summed E-state index contributed by atoms with van der Waals surface area (Å²) in [5, 5.41) is 6.00. The molecule has 0 aliphatic heterocycles. The van der Waals surface area contributed by atoms with Gasteiger partial charge in [0.05, 0.1) is 33.7 Å². The smallest absolute Gasteiger partial charge is 0.226 e. The molecule has 0 saturated carbocycles. The van der Waals surface area contributed by atoms with Gasteiger partial charge in [-0.15, -0.1) is 0 Å². The molecule has 2 aromatic carbocycles. The second kappa shape index (κ2) is 7.62. The van der Waals surface area contributed by atoms with Crippen molar-refractivity contribution in [2.24, 2.45) is 11.8 Å². The van der Waals surface area contributed by atoms with Crippen LogP contribution in [-0.4, -0.2) is 15.6 Å². The zero-order chi connectivity index (χ0) is 22.6. The molecule has 2 aliphatic carbocycles. The number of carbonyl (C=O) groups is 1. The van der Waals surface area contributed by atoms with Crippen LogP contribution in [0.4, 0.5) is 0 Å². The average Bonchev–Trinajstić information content (AvgIpc) is 3.20. The highest BCUT2D eigenvalue weighted by atomic mass is 35.5. The van der Waals surface area contributed by atoms with Crippen molar-refractivity contribution in [3.8, 4) is 16.9 Å². The SMILES string of the molecule is [C-]#[N+]C1=C[C@@]2(C)c3c(c(-c4ccccc4)nn3-c3ccc(Cl)c(Cl)c3)CC[C@@H]2[C@@H](C)C1=O. The van der Waals surface area contributed by atoms with E-state index in [1.165, 1.54) is 0 Å². The van der Waals surface area contributed by atoms with Crippen LogP contribution in [0.25, 0.3) is 21.8 Å². The van der Waals surface area contributed by atoms with Gasteiger partial charge in [-0.05, 0) is 37.0 Å². The summed E-state index contributed by atoms with van der Waals surface area (Å²) >= 11 is 12.5. The Kier molecular flexibility index (Phi) is 5.00. The third-order valence-corrected chi connectivity index (χ3v) is 7.73. The van der Waals surface area contributed by atoms with Gasteiger partial charge in [0, 0.05) is 22.5 Å². The van der Waals surface area contributed by atoms with Crippen LogP contribution in [0, 0.1) is 18.4 Å². The number of benzene rings is 2. The summed E-state index contributed by atoms with van der Waals surface area (Å²) in [4.78, 5) is 16.4. The molecule has 2 aliphatic rings. The van der Waals surface area contributed by atoms with Gasteiger partial charge in [0.15, 0.2) is 5.78 Å². The van der Waals surface area contributed by atoms with E-state index in [0.29, 0.717) is 10.0 Å². The highest BCUT2D eigenvalue weighted by Gasteiger charge is 2.50. The van der Waals surface area contributed by atoms with E-state index >= 15 is 0 Å². The fraction of sp³-hybridized carbons (Fsp3) is 0.269. The predicted octanol–water partition coefficient (Wildman–Crippen LogP) is 6.69. The molecule has 5 rings (SSSR count). The minimum Gasteiger partial charge on any atom is -0.308 e. The molecule has 0 spiro atoms. The molecular weight excluding hydrogens is 441 g/mol. The fourth-order valence-corrected chi connectivity index (χ4v) is 5.74. The molecule has 4 nitrogen and oxygen atoms in total. The summed E-state index contributed by atoms with van der Waals surface area (Å²) in [6, 6.07) is 15.6. The normalized spacial score (nSPS) is 24.3. The second-order valence-corrected chi connectivity index (χ2v) is 9.59. The Balaban J connectivity index is 1.83. The summed E-state index contributed by atoms with van der Waals surface area (Å²) in [6.07, 6.45) is 3.56. The molecule has 1 heterocycles. The monoisotopic (exact) mass is 461 g/mol. The molecule has 32 heavy (non-hydrogen) atoms. The molecule has 0 N–H and O–H groups in total. The van der Waals surface area contributed by atoms with Gasteiger partial charge in [-0.3, -0.25) is 0 Å². The topological polar surface area (TPSA) is 39.2 Å². The molecule has 0 bridgehead atoms. The first-order chi connectivity index (χ1) is 15.3. The number of fused-ring (bicyclic) bond motifs is 3. The lowest BCUT2D eigenvalue weighted by atomic mass is 9.58. The molecule has 160 valence electrons. The van der Waals surface area contributed by atoms with Crippen molar-refractivity contribution in [3.63, 3.8) is 0 Å². The van der Waals surface area contributed by atoms with Crippen LogP contribution < -0.4 is 0 Å². The Morgan fingerprint density at radius 1 is 1.16 bits per heavy atom. The van der Waals surface area contributed by atoms with E-state index in [9.17, 15) is 4.79 Å². The van der Waals surface area contributed by atoms with Crippen molar-refractivity contribution >= 4 is 29.0 Å². The van der Waals surface area contributed by atoms with E-state index in [1.807, 2.05) is 48.0 Å². The van der Waals surface area contributed by atoms with Gasteiger partial charge in [-0.2, -0.15) is 5.10 Å². The van der Waals surface area contributed by atoms with Gasteiger partial charge in [0.1, 0.15) is 0 Å². The summed E-state index contributed by atoms with van der Waals surface area (Å²) in [5.41, 5.74) is 4.66. The quantitative estimate of drug-likeness (QED) is 0.398. The van der Waals surface area contributed by atoms with E-state index in [0.717, 1.165) is 41.0 Å². The molecule has 0 amide bonds. The van der Waals surface area contributed by atoms with E-state index in [-0.39, 0.29) is 23.3 Å². The summed E-state index contributed by atoms with van der Waals surface area (Å²) in [7, 11) is 0. The van der Waals surface area contributed by atoms with Crippen LogP contribution >= 0.6 is 23.2 Å². The first kappa shape index (κ1) is 21.0. The maximum atomic E-state index is 12.8. The van der Waals surface area contributed by atoms with Crippen LogP contribution in [0.3, 0.4) is 0 Å². The predicted molar refractivity (Wildman–Crippen MR) is 127 cm³/mol. The maximum absolute atomic E-state index is 12.8. The van der Waals surface area contributed by atoms with Crippen molar-refractivity contribution in [2.75, 3.05) is 0 Å². The Labute approximate surface area is 197 Å². The van der Waals surface area contributed by atoms with E-state index in [1.54, 1.807) is 6.07 Å². The number of carbonyl (C=O) groups excluding carboxylic acids is 1. The summed E-state index contributed by atoms with van der Waals surface area (Å²) < 4.78 is 1.94. The number of hydrogen-bond acceptors (Lipinski definition) is 2. The number of ketones is 1. The van der Waals surface area contributed by atoms with Gasteiger partial charge in [0.25, 0.3) is 0 Å². The van der Waals surface area contributed by atoms with Crippen LogP contribution in [0.2, 0.25) is 10.0 Å². The van der Waals surface area contributed by atoms with Crippen molar-refractivity contribution < 1.29 is 4.79 Å². The Hall–Kier alpha value is -2.87. The number of aromatic nitrogens is 2. The van der Waals surface area contributed by atoms with E-state index in [4.69, 9.17) is 34.9 Å². The van der Waals surface area contributed by atoms with Gasteiger partial charge in [-0.25, -0.2) is 9.53 Å². The molecule has 1 aromatic heterocycles. The first-order valence-electron chi connectivity index (χ1n) is 10.6. The third-order valence-electron chi connectivity index (χ3n) is 6.99. The third kappa shape index (κ3) is 3.03. The lowest BCUT2D eigenvalue weighted by molar-refractivity contribution is -0.121. The van der Waals surface area contributed by atoms with Crippen molar-refractivity contribution in [2.45, 2.75) is 32.1 Å². The van der Waals surface area contributed by atoms with Crippen molar-refractivity contribution in [1.29, 1.82) is 0 Å². The maximum Gasteiger partial charge on any atom is 0.226 e. The van der Waals surface area contributed by atoms with E-state index < -0.39 is 5.41 Å². The Bertz CT molecular complexity index is 1320. The summed E-state index contributed by atoms with van der Waals surface area (Å²) in [6.45, 7) is 11.7. The minimum atomic E-state index is -0.507. The molecular formula is C26H21Cl2N3O. The average molecular weight is 462 g/mol. The number of halogens is 2. The molecule has 0 saturated heterocycles. The van der Waals surface area contributed by atoms with E-state index in [2.05, 4.69) is 23.9 Å². The number of allylic oxidation sites excluding steroid dienone is 2. The molecule has 0 radical (unpaired) electrons. The first-order valence-corrected chi connectivity index (χ1v) is 11.4. The lowest BCUT2D eigenvalue weighted by Crippen LogP contribution is -2.46. The van der Waals surface area contributed by atoms with Gasteiger partial charge in [-0.1, -0.05) is 73.5 Å². The van der Waals surface area contributed by atoms with Crippen LogP contribution in [0.15, 0.2) is 60.3 Å².